The molecular formula is C20H23NO5S. The molecule has 0 heterocycles. The van der Waals surface area contributed by atoms with Gasteiger partial charge >= 0.3 is 0 Å². The molecule has 6 nitrogen and oxygen atoms in total. The van der Waals surface area contributed by atoms with Crippen LogP contribution < -0.4 is 5.48 Å². The van der Waals surface area contributed by atoms with E-state index in [0.717, 1.165) is 5.56 Å². The number of carbonyl (C=O) groups is 2. The second-order valence-corrected chi connectivity index (χ2v) is 8.45. The topological polar surface area (TPSA) is 101 Å². The third kappa shape index (κ3) is 6.01. The second-order valence-electron chi connectivity index (χ2n) is 6.41. The summed E-state index contributed by atoms with van der Waals surface area (Å²) in [7, 11) is -3.74. The normalized spacial score (nSPS) is 12.4. The molecule has 0 aliphatic rings. The predicted octanol–water partition coefficient (Wildman–Crippen LogP) is 2.81. The van der Waals surface area contributed by atoms with Crippen molar-refractivity contribution in [3.63, 3.8) is 0 Å². The van der Waals surface area contributed by atoms with Gasteiger partial charge in [-0.25, -0.2) is 13.9 Å². The molecule has 0 fully saturated rings. The van der Waals surface area contributed by atoms with Gasteiger partial charge in [-0.1, -0.05) is 42.5 Å². The average Bonchev–Trinajstić information content (AvgIpc) is 2.67. The van der Waals surface area contributed by atoms with Gasteiger partial charge in [0.15, 0.2) is 15.6 Å². The molecule has 2 aromatic rings. The Balaban J connectivity index is 2.07. The molecular weight excluding hydrogens is 366 g/mol. The van der Waals surface area contributed by atoms with E-state index in [1.807, 2.05) is 30.3 Å². The van der Waals surface area contributed by atoms with Crippen molar-refractivity contribution in [1.82, 2.24) is 5.48 Å². The third-order valence-electron chi connectivity index (χ3n) is 4.38. The van der Waals surface area contributed by atoms with Crippen LogP contribution in [0.15, 0.2) is 59.5 Å². The number of Topliss-reactive ketones (excluding diaryl/α,β-unsaturated/α-hetero) is 1. The number of carbonyl (C=O) groups excluding carboxylic acids is 2. The zero-order valence-corrected chi connectivity index (χ0v) is 15.9. The molecule has 0 radical (unpaired) electrons. The summed E-state index contributed by atoms with van der Waals surface area (Å²) in [6.07, 6.45) is 1.65. The zero-order chi connectivity index (χ0) is 19.9. The number of rotatable bonds is 9. The highest BCUT2D eigenvalue weighted by molar-refractivity contribution is 7.91. The number of hydroxylamine groups is 1. The molecule has 0 aliphatic heterocycles. The highest BCUT2D eigenvalue weighted by Gasteiger charge is 2.26. The summed E-state index contributed by atoms with van der Waals surface area (Å²) in [6.45, 7) is 1.40. The van der Waals surface area contributed by atoms with Crippen LogP contribution in [0.2, 0.25) is 0 Å². The predicted molar refractivity (Wildman–Crippen MR) is 101 cm³/mol. The molecule has 0 saturated carbocycles. The Morgan fingerprint density at radius 2 is 1.67 bits per heavy atom. The summed E-state index contributed by atoms with van der Waals surface area (Å²) >= 11 is 0. The average molecular weight is 389 g/mol. The fraction of sp³-hybridized carbons (Fsp3) is 0.300. The molecule has 2 rings (SSSR count). The summed E-state index contributed by atoms with van der Waals surface area (Å²) < 4.78 is 25.3. The van der Waals surface area contributed by atoms with Gasteiger partial charge in [-0.2, -0.15) is 0 Å². The van der Waals surface area contributed by atoms with Crippen molar-refractivity contribution in [1.29, 1.82) is 0 Å². The number of nitrogens with one attached hydrogen (secondary N) is 1. The van der Waals surface area contributed by atoms with E-state index in [9.17, 15) is 18.0 Å². The van der Waals surface area contributed by atoms with Gasteiger partial charge in [-0.15, -0.1) is 0 Å². The van der Waals surface area contributed by atoms with Gasteiger partial charge < -0.3 is 0 Å². The Hall–Kier alpha value is -2.51. The lowest BCUT2D eigenvalue weighted by Gasteiger charge is -2.15. The van der Waals surface area contributed by atoms with Gasteiger partial charge in [-0.05, 0) is 43.9 Å². The van der Waals surface area contributed by atoms with Crippen molar-refractivity contribution in [3.8, 4) is 0 Å². The molecule has 7 heteroatoms. The van der Waals surface area contributed by atoms with Crippen LogP contribution in [0.5, 0.6) is 0 Å². The molecule has 1 atom stereocenters. The van der Waals surface area contributed by atoms with Crippen LogP contribution in [0.4, 0.5) is 0 Å². The summed E-state index contributed by atoms with van der Waals surface area (Å²) in [5.74, 6) is -2.14. The summed E-state index contributed by atoms with van der Waals surface area (Å²) in [5, 5.41) is 8.95. The van der Waals surface area contributed by atoms with E-state index in [-0.39, 0.29) is 10.7 Å². The molecule has 1 unspecified atom stereocenters. The van der Waals surface area contributed by atoms with E-state index in [4.69, 9.17) is 5.21 Å². The van der Waals surface area contributed by atoms with E-state index in [0.29, 0.717) is 24.8 Å². The molecule has 2 aromatic carbocycles. The van der Waals surface area contributed by atoms with Crippen molar-refractivity contribution >= 4 is 21.5 Å². The molecule has 1 amide bonds. The van der Waals surface area contributed by atoms with Crippen LogP contribution in [0.1, 0.15) is 35.7 Å². The molecule has 2 N–H and O–H groups in total. The molecule has 144 valence electrons. The smallest absolute Gasteiger partial charge is 0.247 e. The Bertz CT molecular complexity index is 876. The summed E-state index contributed by atoms with van der Waals surface area (Å²) in [4.78, 5) is 23.3. The minimum atomic E-state index is -3.74. The lowest BCUT2D eigenvalue weighted by molar-refractivity contribution is -0.132. The van der Waals surface area contributed by atoms with E-state index in [1.165, 1.54) is 31.2 Å². The summed E-state index contributed by atoms with van der Waals surface area (Å²) in [5.41, 5.74) is 3.08. The van der Waals surface area contributed by atoms with Gasteiger partial charge in [0.2, 0.25) is 5.91 Å². The first-order valence-electron chi connectivity index (χ1n) is 8.65. The largest absolute Gasteiger partial charge is 0.295 e. The number of sulfone groups is 1. The van der Waals surface area contributed by atoms with Crippen molar-refractivity contribution in [2.45, 2.75) is 31.1 Å². The van der Waals surface area contributed by atoms with E-state index >= 15 is 0 Å². The quantitative estimate of drug-likeness (QED) is 0.390. The van der Waals surface area contributed by atoms with E-state index in [1.54, 1.807) is 5.48 Å². The SMILES string of the molecule is CC(=O)c1ccc(S(=O)(=O)CC(CCCc2ccccc2)C(=O)NO)cc1. The fourth-order valence-electron chi connectivity index (χ4n) is 2.84. The standard InChI is InChI=1S/C20H23NO5S/c1-15(22)17-10-12-19(13-11-17)27(25,26)14-18(20(23)21-24)9-5-8-16-6-3-2-4-7-16/h2-4,6-7,10-13,18,24H,5,8-9,14H2,1H3,(H,21,23). The Labute approximate surface area is 159 Å². The maximum absolute atomic E-state index is 12.6. The highest BCUT2D eigenvalue weighted by atomic mass is 32.2. The highest BCUT2D eigenvalue weighted by Crippen LogP contribution is 2.19. The fourth-order valence-corrected chi connectivity index (χ4v) is 4.43. The Kier molecular flexibility index (Phi) is 7.27. The Morgan fingerprint density at radius 3 is 2.22 bits per heavy atom. The van der Waals surface area contributed by atoms with Crippen molar-refractivity contribution in [3.05, 3.63) is 65.7 Å². The molecule has 27 heavy (non-hydrogen) atoms. The van der Waals surface area contributed by atoms with Crippen LogP contribution in [0.25, 0.3) is 0 Å². The van der Waals surface area contributed by atoms with Gasteiger partial charge in [0.25, 0.3) is 0 Å². The van der Waals surface area contributed by atoms with Gasteiger partial charge in [0.1, 0.15) is 0 Å². The lowest BCUT2D eigenvalue weighted by Crippen LogP contribution is -2.33. The number of hydrogen-bond acceptors (Lipinski definition) is 5. The molecule has 0 saturated heterocycles. The van der Waals surface area contributed by atoms with Crippen molar-refractivity contribution in [2.24, 2.45) is 5.92 Å². The molecule has 0 bridgehead atoms. The maximum atomic E-state index is 12.6. The lowest BCUT2D eigenvalue weighted by atomic mass is 10.0. The van der Waals surface area contributed by atoms with Crippen LogP contribution >= 0.6 is 0 Å². The first-order valence-corrected chi connectivity index (χ1v) is 10.3. The monoisotopic (exact) mass is 389 g/mol. The summed E-state index contributed by atoms with van der Waals surface area (Å²) in [6, 6.07) is 15.3. The number of benzene rings is 2. The number of hydrogen-bond donors (Lipinski definition) is 2. The van der Waals surface area contributed by atoms with Crippen LogP contribution in [0.3, 0.4) is 0 Å². The van der Waals surface area contributed by atoms with Crippen molar-refractivity contribution < 1.29 is 23.2 Å². The number of amides is 1. The van der Waals surface area contributed by atoms with Gasteiger partial charge in [-0.3, -0.25) is 14.8 Å². The Morgan fingerprint density at radius 1 is 1.04 bits per heavy atom. The minimum Gasteiger partial charge on any atom is -0.295 e. The third-order valence-corrected chi connectivity index (χ3v) is 6.21. The second kappa shape index (κ2) is 9.43. The van der Waals surface area contributed by atoms with E-state index in [2.05, 4.69) is 0 Å². The van der Waals surface area contributed by atoms with Crippen LogP contribution in [0, 0.1) is 5.92 Å². The van der Waals surface area contributed by atoms with Crippen LogP contribution in [-0.2, 0) is 21.1 Å². The first kappa shape index (κ1) is 20.8. The number of aryl methyl sites for hydroxylation is 1. The van der Waals surface area contributed by atoms with E-state index < -0.39 is 27.4 Å². The zero-order valence-electron chi connectivity index (χ0n) is 15.1. The van der Waals surface area contributed by atoms with Crippen molar-refractivity contribution in [2.75, 3.05) is 5.75 Å². The van der Waals surface area contributed by atoms with Gasteiger partial charge in [0, 0.05) is 5.56 Å². The van der Waals surface area contributed by atoms with Crippen LogP contribution in [-0.4, -0.2) is 31.1 Å². The molecule has 0 aromatic heterocycles. The molecule has 0 spiro atoms. The minimum absolute atomic E-state index is 0.0475. The van der Waals surface area contributed by atoms with Gasteiger partial charge in [0.05, 0.1) is 16.6 Å². The first-order chi connectivity index (χ1) is 12.8. The maximum Gasteiger partial charge on any atom is 0.247 e. The number of ketones is 1. The molecule has 0 aliphatic carbocycles.